The van der Waals surface area contributed by atoms with Gasteiger partial charge in [0.2, 0.25) is 5.91 Å². The van der Waals surface area contributed by atoms with Crippen molar-refractivity contribution in [3.8, 4) is 0 Å². The number of alkyl halides is 3. The van der Waals surface area contributed by atoms with Gasteiger partial charge in [-0.3, -0.25) is 9.69 Å². The molecule has 0 aromatic heterocycles. The van der Waals surface area contributed by atoms with Gasteiger partial charge >= 0.3 is 6.18 Å². The highest BCUT2D eigenvalue weighted by Crippen LogP contribution is 2.20. The van der Waals surface area contributed by atoms with Crippen LogP contribution in [0.1, 0.15) is 19.4 Å². The predicted molar refractivity (Wildman–Crippen MR) is 89.3 cm³/mol. The molecule has 5 nitrogen and oxygen atoms in total. The Labute approximate surface area is 145 Å². The minimum Gasteiger partial charge on any atom is -0.376 e. The number of nitrogens with zero attached hydrogens (tertiary/aromatic N) is 1. The van der Waals surface area contributed by atoms with Crippen LogP contribution in [0.5, 0.6) is 0 Å². The summed E-state index contributed by atoms with van der Waals surface area (Å²) < 4.78 is 42.1. The molecule has 2 atom stereocenters. The zero-order valence-corrected chi connectivity index (χ0v) is 14.4. The van der Waals surface area contributed by atoms with Gasteiger partial charge in [-0.2, -0.15) is 13.2 Å². The number of rotatable bonds is 6. The molecule has 8 heteroatoms. The van der Waals surface area contributed by atoms with Crippen LogP contribution in [0.4, 0.5) is 18.9 Å². The number of nitrogens with one attached hydrogen (secondary N) is 2. The van der Waals surface area contributed by atoms with Gasteiger partial charge in [0.05, 0.1) is 18.8 Å². The molecular weight excluding hydrogens is 335 g/mol. The standard InChI is InChI=1S/C17H24F3N3O2/c1-12-8-23(9-13(2)25-12)10-14-5-3-4-6-15(14)21-7-16(24)22-11-17(18,19)20/h3-6,12-13,21H,7-11H2,1-2H3,(H,22,24)/t12-,13-/m0/s1. The summed E-state index contributed by atoms with van der Waals surface area (Å²) in [4.78, 5) is 13.8. The second-order valence-electron chi connectivity index (χ2n) is 6.35. The summed E-state index contributed by atoms with van der Waals surface area (Å²) >= 11 is 0. The van der Waals surface area contributed by atoms with Gasteiger partial charge in [-0.05, 0) is 25.5 Å². The molecule has 1 aliphatic heterocycles. The lowest BCUT2D eigenvalue weighted by atomic mass is 10.1. The fourth-order valence-electron chi connectivity index (χ4n) is 2.92. The van der Waals surface area contributed by atoms with Crippen LogP contribution in [-0.4, -0.2) is 55.4 Å². The van der Waals surface area contributed by atoms with Gasteiger partial charge in [0.1, 0.15) is 6.54 Å². The monoisotopic (exact) mass is 359 g/mol. The minimum absolute atomic E-state index is 0.150. The molecule has 1 saturated heterocycles. The highest BCUT2D eigenvalue weighted by Gasteiger charge is 2.27. The number of morpholine rings is 1. The van der Waals surface area contributed by atoms with Crippen molar-refractivity contribution >= 4 is 11.6 Å². The summed E-state index contributed by atoms with van der Waals surface area (Å²) in [6.45, 7) is 4.83. The number of hydrogen-bond acceptors (Lipinski definition) is 4. The highest BCUT2D eigenvalue weighted by molar-refractivity contribution is 5.81. The van der Waals surface area contributed by atoms with E-state index >= 15 is 0 Å². The maximum atomic E-state index is 12.1. The average Bonchev–Trinajstić information content (AvgIpc) is 2.50. The van der Waals surface area contributed by atoms with Crippen LogP contribution in [0.25, 0.3) is 0 Å². The van der Waals surface area contributed by atoms with E-state index in [1.54, 1.807) is 0 Å². The lowest BCUT2D eigenvalue weighted by molar-refractivity contribution is -0.137. The van der Waals surface area contributed by atoms with Crippen LogP contribution < -0.4 is 10.6 Å². The molecule has 1 fully saturated rings. The SMILES string of the molecule is C[C@H]1CN(Cc2ccccc2NCC(=O)NCC(F)(F)F)C[C@H](C)O1. The number of carbonyl (C=O) groups excluding carboxylic acids is 1. The predicted octanol–water partition coefficient (Wildman–Crippen LogP) is 2.39. The van der Waals surface area contributed by atoms with Crippen LogP contribution in [0.3, 0.4) is 0 Å². The molecule has 0 spiro atoms. The normalized spacial score (nSPS) is 21.8. The van der Waals surface area contributed by atoms with Gasteiger partial charge in [0.25, 0.3) is 0 Å². The Kier molecular flexibility index (Phi) is 6.66. The van der Waals surface area contributed by atoms with Gasteiger partial charge in [-0.15, -0.1) is 0 Å². The number of para-hydroxylation sites is 1. The van der Waals surface area contributed by atoms with Crippen molar-refractivity contribution in [3.63, 3.8) is 0 Å². The highest BCUT2D eigenvalue weighted by atomic mass is 19.4. The molecule has 1 aromatic carbocycles. The molecule has 2 N–H and O–H groups in total. The van der Waals surface area contributed by atoms with Crippen LogP contribution in [0.15, 0.2) is 24.3 Å². The van der Waals surface area contributed by atoms with Gasteiger partial charge in [0, 0.05) is 25.3 Å². The number of amides is 1. The van der Waals surface area contributed by atoms with E-state index in [9.17, 15) is 18.0 Å². The summed E-state index contributed by atoms with van der Waals surface area (Å²) in [6, 6.07) is 7.49. The first kappa shape index (κ1) is 19.5. The summed E-state index contributed by atoms with van der Waals surface area (Å²) in [5.41, 5.74) is 1.74. The Morgan fingerprint density at radius 3 is 2.52 bits per heavy atom. The first-order valence-corrected chi connectivity index (χ1v) is 8.26. The van der Waals surface area contributed by atoms with E-state index in [0.29, 0.717) is 6.54 Å². The quantitative estimate of drug-likeness (QED) is 0.819. The summed E-state index contributed by atoms with van der Waals surface area (Å²) in [5, 5.41) is 4.78. The Balaban J connectivity index is 1.90. The Morgan fingerprint density at radius 1 is 1.24 bits per heavy atom. The van der Waals surface area contributed by atoms with Crippen molar-refractivity contribution in [1.82, 2.24) is 10.2 Å². The zero-order valence-electron chi connectivity index (χ0n) is 14.4. The number of hydrogen-bond donors (Lipinski definition) is 2. The minimum atomic E-state index is -4.41. The van der Waals surface area contributed by atoms with E-state index in [-0.39, 0.29) is 18.8 Å². The van der Waals surface area contributed by atoms with Crippen molar-refractivity contribution in [1.29, 1.82) is 0 Å². The Hall–Kier alpha value is -1.80. The van der Waals surface area contributed by atoms with E-state index in [4.69, 9.17) is 4.74 Å². The summed E-state index contributed by atoms with van der Waals surface area (Å²) in [6.07, 6.45) is -4.11. The summed E-state index contributed by atoms with van der Waals surface area (Å²) in [7, 11) is 0. The van der Waals surface area contributed by atoms with Crippen molar-refractivity contribution in [2.75, 3.05) is 31.5 Å². The molecule has 0 bridgehead atoms. The smallest absolute Gasteiger partial charge is 0.376 e. The Morgan fingerprint density at radius 2 is 1.88 bits per heavy atom. The lowest BCUT2D eigenvalue weighted by Crippen LogP contribution is -2.44. The fraction of sp³-hybridized carbons (Fsp3) is 0.588. The molecule has 25 heavy (non-hydrogen) atoms. The molecule has 2 rings (SSSR count). The number of benzene rings is 1. The average molecular weight is 359 g/mol. The largest absolute Gasteiger partial charge is 0.405 e. The first-order valence-electron chi connectivity index (χ1n) is 8.26. The topological polar surface area (TPSA) is 53.6 Å². The number of anilines is 1. The molecule has 1 amide bonds. The second kappa shape index (κ2) is 8.53. The lowest BCUT2D eigenvalue weighted by Gasteiger charge is -2.35. The van der Waals surface area contributed by atoms with Gasteiger partial charge in [0.15, 0.2) is 0 Å². The van der Waals surface area contributed by atoms with E-state index in [0.717, 1.165) is 24.3 Å². The van der Waals surface area contributed by atoms with E-state index in [2.05, 4.69) is 10.2 Å². The molecule has 1 aliphatic rings. The van der Waals surface area contributed by atoms with Gasteiger partial charge < -0.3 is 15.4 Å². The number of halogens is 3. The molecule has 0 unspecified atom stereocenters. The zero-order chi connectivity index (χ0) is 18.4. The third kappa shape index (κ3) is 6.91. The maximum Gasteiger partial charge on any atom is 0.405 e. The van der Waals surface area contributed by atoms with E-state index < -0.39 is 18.6 Å². The first-order chi connectivity index (χ1) is 11.7. The molecule has 140 valence electrons. The van der Waals surface area contributed by atoms with Crippen LogP contribution in [0.2, 0.25) is 0 Å². The van der Waals surface area contributed by atoms with Crippen molar-refractivity contribution in [3.05, 3.63) is 29.8 Å². The van der Waals surface area contributed by atoms with Crippen LogP contribution in [-0.2, 0) is 16.1 Å². The van der Waals surface area contributed by atoms with Gasteiger partial charge in [-0.1, -0.05) is 18.2 Å². The van der Waals surface area contributed by atoms with Crippen molar-refractivity contribution < 1.29 is 22.7 Å². The van der Waals surface area contributed by atoms with E-state index in [1.807, 2.05) is 43.4 Å². The van der Waals surface area contributed by atoms with Crippen molar-refractivity contribution in [2.24, 2.45) is 0 Å². The summed E-state index contributed by atoms with van der Waals surface area (Å²) in [5.74, 6) is -0.694. The second-order valence-corrected chi connectivity index (χ2v) is 6.35. The van der Waals surface area contributed by atoms with Crippen LogP contribution in [0, 0.1) is 0 Å². The van der Waals surface area contributed by atoms with E-state index in [1.165, 1.54) is 0 Å². The molecule has 1 heterocycles. The molecule has 1 aromatic rings. The van der Waals surface area contributed by atoms with Crippen LogP contribution >= 0.6 is 0 Å². The number of ether oxygens (including phenoxy) is 1. The van der Waals surface area contributed by atoms with Crippen molar-refractivity contribution in [2.45, 2.75) is 38.8 Å². The Bertz CT molecular complexity index is 571. The van der Waals surface area contributed by atoms with Gasteiger partial charge in [-0.25, -0.2) is 0 Å². The third-order valence-corrected chi connectivity index (χ3v) is 3.83. The molecule has 0 saturated carbocycles. The molecule has 0 radical (unpaired) electrons. The molecular formula is C17H24F3N3O2. The number of carbonyl (C=O) groups is 1. The fourth-order valence-corrected chi connectivity index (χ4v) is 2.92. The third-order valence-electron chi connectivity index (χ3n) is 3.83. The molecule has 0 aliphatic carbocycles. The maximum absolute atomic E-state index is 12.1.